The largest absolute Gasteiger partial charge is 0.368 e. The third-order valence-electron chi connectivity index (χ3n) is 3.19. The second kappa shape index (κ2) is 6.22. The van der Waals surface area contributed by atoms with Crippen molar-refractivity contribution >= 4 is 15.9 Å². The van der Waals surface area contributed by atoms with Crippen molar-refractivity contribution in [2.75, 3.05) is 13.1 Å². The van der Waals surface area contributed by atoms with Crippen molar-refractivity contribution in [2.45, 2.75) is 23.8 Å². The average Bonchev–Trinajstić information content (AvgIpc) is 2.96. The Hall–Kier alpha value is -1.95. The standard InChI is InChI=1S/C13H16N4O3S/c14-5-1-3-10-7-11(9-16-8-10)21(19,20)17-6-2-4-12(17)13(15)18/h7-9,12H,2,4-6,14H2,(H2,15,18). The minimum Gasteiger partial charge on any atom is -0.368 e. The van der Waals surface area contributed by atoms with E-state index in [0.717, 1.165) is 4.31 Å². The van der Waals surface area contributed by atoms with Gasteiger partial charge in [0.2, 0.25) is 15.9 Å². The minimum absolute atomic E-state index is 0.000489. The maximum atomic E-state index is 12.6. The fraction of sp³-hybridized carbons (Fsp3) is 0.385. The Morgan fingerprint density at radius 3 is 2.90 bits per heavy atom. The molecule has 21 heavy (non-hydrogen) atoms. The van der Waals surface area contributed by atoms with Crippen molar-refractivity contribution in [3.8, 4) is 11.8 Å². The molecule has 0 bridgehead atoms. The number of primary amides is 1. The molecular weight excluding hydrogens is 292 g/mol. The van der Waals surface area contributed by atoms with E-state index in [2.05, 4.69) is 16.8 Å². The summed E-state index contributed by atoms with van der Waals surface area (Å²) in [7, 11) is -3.81. The SMILES string of the molecule is NCC#Cc1cncc(S(=O)(=O)N2CCCC2C(N)=O)c1. The number of carbonyl (C=O) groups is 1. The maximum absolute atomic E-state index is 12.6. The van der Waals surface area contributed by atoms with E-state index in [9.17, 15) is 13.2 Å². The lowest BCUT2D eigenvalue weighted by atomic mass is 10.2. The first-order chi connectivity index (χ1) is 9.96. The first kappa shape index (κ1) is 15.4. The van der Waals surface area contributed by atoms with E-state index in [1.807, 2.05) is 0 Å². The summed E-state index contributed by atoms with van der Waals surface area (Å²) >= 11 is 0. The lowest BCUT2D eigenvalue weighted by Crippen LogP contribution is -2.43. The van der Waals surface area contributed by atoms with Crippen molar-refractivity contribution in [1.29, 1.82) is 0 Å². The van der Waals surface area contributed by atoms with E-state index in [1.54, 1.807) is 0 Å². The van der Waals surface area contributed by atoms with Crippen LogP contribution in [0.1, 0.15) is 18.4 Å². The number of amides is 1. The Kier molecular flexibility index (Phi) is 4.57. The molecule has 1 aromatic rings. The van der Waals surface area contributed by atoms with E-state index >= 15 is 0 Å². The van der Waals surface area contributed by atoms with Crippen LogP contribution in [-0.2, 0) is 14.8 Å². The highest BCUT2D eigenvalue weighted by atomic mass is 32.2. The van der Waals surface area contributed by atoms with Crippen LogP contribution in [-0.4, -0.2) is 42.7 Å². The van der Waals surface area contributed by atoms with Gasteiger partial charge in [-0.3, -0.25) is 9.78 Å². The molecule has 2 heterocycles. The van der Waals surface area contributed by atoms with E-state index in [-0.39, 0.29) is 18.0 Å². The van der Waals surface area contributed by atoms with Crippen LogP contribution < -0.4 is 11.5 Å². The third-order valence-corrected chi connectivity index (χ3v) is 5.06. The highest BCUT2D eigenvalue weighted by Crippen LogP contribution is 2.25. The summed E-state index contributed by atoms with van der Waals surface area (Å²) in [6.45, 7) is 0.446. The molecule has 1 aromatic heterocycles. The summed E-state index contributed by atoms with van der Waals surface area (Å²) in [4.78, 5) is 15.2. The molecule has 1 fully saturated rings. The van der Waals surface area contributed by atoms with Gasteiger partial charge in [-0.2, -0.15) is 4.31 Å². The molecule has 0 aliphatic carbocycles. The number of rotatable bonds is 3. The van der Waals surface area contributed by atoms with E-state index < -0.39 is 22.0 Å². The molecule has 0 spiro atoms. The lowest BCUT2D eigenvalue weighted by molar-refractivity contribution is -0.121. The zero-order chi connectivity index (χ0) is 15.5. The quantitative estimate of drug-likeness (QED) is 0.696. The number of hydrogen-bond donors (Lipinski definition) is 2. The average molecular weight is 308 g/mol. The summed E-state index contributed by atoms with van der Waals surface area (Å²) in [5.41, 5.74) is 11.0. The van der Waals surface area contributed by atoms with Gasteiger partial charge >= 0.3 is 0 Å². The van der Waals surface area contributed by atoms with Crippen LogP contribution in [0.3, 0.4) is 0 Å². The Balaban J connectivity index is 2.38. The van der Waals surface area contributed by atoms with Gasteiger partial charge in [-0.25, -0.2) is 8.42 Å². The van der Waals surface area contributed by atoms with Gasteiger partial charge in [-0.1, -0.05) is 11.8 Å². The monoisotopic (exact) mass is 308 g/mol. The van der Waals surface area contributed by atoms with Gasteiger partial charge in [0, 0.05) is 24.5 Å². The number of carbonyl (C=O) groups excluding carboxylic acids is 1. The van der Waals surface area contributed by atoms with Crippen LogP contribution in [0.5, 0.6) is 0 Å². The molecule has 112 valence electrons. The van der Waals surface area contributed by atoms with Crippen molar-refractivity contribution < 1.29 is 13.2 Å². The first-order valence-corrected chi connectivity index (χ1v) is 7.86. The highest BCUT2D eigenvalue weighted by Gasteiger charge is 2.38. The first-order valence-electron chi connectivity index (χ1n) is 6.42. The van der Waals surface area contributed by atoms with Crippen LogP contribution in [0, 0.1) is 11.8 Å². The fourth-order valence-electron chi connectivity index (χ4n) is 2.23. The van der Waals surface area contributed by atoms with Gasteiger partial charge in [0.25, 0.3) is 0 Å². The number of hydrogen-bond acceptors (Lipinski definition) is 5. The minimum atomic E-state index is -3.81. The van der Waals surface area contributed by atoms with Crippen molar-refractivity contribution in [3.63, 3.8) is 0 Å². The predicted molar refractivity (Wildman–Crippen MR) is 76.3 cm³/mol. The second-order valence-corrected chi connectivity index (χ2v) is 6.48. The third kappa shape index (κ3) is 3.21. The normalized spacial score (nSPS) is 19.0. The van der Waals surface area contributed by atoms with Gasteiger partial charge in [-0.05, 0) is 18.9 Å². The molecule has 0 radical (unpaired) electrons. The fourth-order valence-corrected chi connectivity index (χ4v) is 3.88. The van der Waals surface area contributed by atoms with E-state index in [1.165, 1.54) is 18.5 Å². The van der Waals surface area contributed by atoms with Crippen molar-refractivity contribution in [3.05, 3.63) is 24.0 Å². The zero-order valence-electron chi connectivity index (χ0n) is 11.3. The predicted octanol–water partition coefficient (Wildman–Crippen LogP) is -0.970. The molecule has 1 aliphatic heterocycles. The highest BCUT2D eigenvalue weighted by molar-refractivity contribution is 7.89. The molecular formula is C13H16N4O3S. The topological polar surface area (TPSA) is 119 Å². The van der Waals surface area contributed by atoms with Crippen LogP contribution in [0.25, 0.3) is 0 Å². The Morgan fingerprint density at radius 2 is 2.24 bits per heavy atom. The maximum Gasteiger partial charge on any atom is 0.245 e. The Labute approximate surface area is 123 Å². The molecule has 0 aromatic carbocycles. The van der Waals surface area contributed by atoms with Crippen LogP contribution in [0.15, 0.2) is 23.4 Å². The van der Waals surface area contributed by atoms with Gasteiger partial charge in [0.15, 0.2) is 0 Å². The Bertz CT molecular complexity index is 706. The number of sulfonamides is 1. The smallest absolute Gasteiger partial charge is 0.245 e. The molecule has 0 saturated carbocycles. The molecule has 1 amide bonds. The summed E-state index contributed by atoms with van der Waals surface area (Å²) in [5, 5.41) is 0. The van der Waals surface area contributed by atoms with Crippen LogP contribution in [0.2, 0.25) is 0 Å². The van der Waals surface area contributed by atoms with Crippen LogP contribution in [0.4, 0.5) is 0 Å². The molecule has 1 unspecified atom stereocenters. The van der Waals surface area contributed by atoms with Crippen LogP contribution >= 0.6 is 0 Å². The molecule has 1 aliphatic rings. The number of pyridine rings is 1. The van der Waals surface area contributed by atoms with E-state index in [4.69, 9.17) is 11.5 Å². The summed E-state index contributed by atoms with van der Waals surface area (Å²) in [6, 6.07) is 0.621. The summed E-state index contributed by atoms with van der Waals surface area (Å²) in [5.74, 6) is 4.73. The molecule has 1 saturated heterocycles. The lowest BCUT2D eigenvalue weighted by Gasteiger charge is -2.21. The van der Waals surface area contributed by atoms with E-state index in [0.29, 0.717) is 18.4 Å². The summed E-state index contributed by atoms with van der Waals surface area (Å²) < 4.78 is 26.3. The van der Waals surface area contributed by atoms with Gasteiger partial charge < -0.3 is 11.5 Å². The number of nitrogens with two attached hydrogens (primary N) is 2. The van der Waals surface area contributed by atoms with Crippen molar-refractivity contribution in [1.82, 2.24) is 9.29 Å². The number of nitrogens with zero attached hydrogens (tertiary/aromatic N) is 2. The molecule has 8 heteroatoms. The molecule has 1 atom stereocenters. The zero-order valence-corrected chi connectivity index (χ0v) is 12.1. The summed E-state index contributed by atoms with van der Waals surface area (Å²) in [6.07, 6.45) is 3.73. The van der Waals surface area contributed by atoms with Gasteiger partial charge in [0.05, 0.1) is 6.54 Å². The van der Waals surface area contributed by atoms with Gasteiger partial charge in [0.1, 0.15) is 10.9 Å². The van der Waals surface area contributed by atoms with Gasteiger partial charge in [-0.15, -0.1) is 0 Å². The molecule has 2 rings (SSSR count). The molecule has 4 N–H and O–H groups in total. The molecule has 7 nitrogen and oxygen atoms in total. The number of aromatic nitrogens is 1. The Morgan fingerprint density at radius 1 is 1.48 bits per heavy atom. The van der Waals surface area contributed by atoms with Crippen molar-refractivity contribution in [2.24, 2.45) is 11.5 Å². The second-order valence-electron chi connectivity index (χ2n) is 4.59.